The van der Waals surface area contributed by atoms with E-state index in [0.29, 0.717) is 0 Å². The molecule has 8 nitrogen and oxygen atoms in total. The lowest BCUT2D eigenvalue weighted by Crippen LogP contribution is -2.34. The van der Waals surface area contributed by atoms with Crippen molar-refractivity contribution in [2.75, 3.05) is 0 Å². The molecule has 0 aromatic carbocycles. The molecule has 2 rings (SSSR count). The Bertz CT molecular complexity index is 720. The van der Waals surface area contributed by atoms with E-state index in [2.05, 4.69) is 10.3 Å². The Hall–Kier alpha value is -3.16. The van der Waals surface area contributed by atoms with Crippen LogP contribution in [0.15, 0.2) is 47.1 Å². The molecule has 2 heterocycles. The average Bonchev–Trinajstić information content (AvgIpc) is 2.46. The number of carboxylic acids is 3. The van der Waals surface area contributed by atoms with E-state index in [1.54, 1.807) is 0 Å². The molecule has 0 fully saturated rings. The summed E-state index contributed by atoms with van der Waals surface area (Å²) in [7, 11) is 0. The van der Waals surface area contributed by atoms with Crippen LogP contribution in [0.2, 0.25) is 0 Å². The highest BCUT2D eigenvalue weighted by molar-refractivity contribution is 6.04. The fourth-order valence-corrected chi connectivity index (χ4v) is 2.39. The normalized spacial score (nSPS) is 18.0. The standard InChI is InChI=1S/C14H12N2O6/c1-6-8(12(17)18)9(7-3-2-4-15-5-7)10(13(19)20)11(16-6)14(21)22/h2-5,9,16H,1H3,(H,17,18)(H,19,20)(H,21,22). The van der Waals surface area contributed by atoms with E-state index >= 15 is 0 Å². The van der Waals surface area contributed by atoms with Crippen molar-refractivity contribution >= 4 is 17.9 Å². The lowest BCUT2D eigenvalue weighted by atomic mass is 9.81. The number of aromatic nitrogens is 1. The van der Waals surface area contributed by atoms with Gasteiger partial charge in [0, 0.05) is 18.1 Å². The van der Waals surface area contributed by atoms with Crippen LogP contribution in [-0.4, -0.2) is 38.2 Å². The molecule has 0 saturated heterocycles. The van der Waals surface area contributed by atoms with Crippen molar-refractivity contribution in [1.82, 2.24) is 10.3 Å². The summed E-state index contributed by atoms with van der Waals surface area (Å²) >= 11 is 0. The third-order valence-electron chi connectivity index (χ3n) is 3.26. The molecule has 0 radical (unpaired) electrons. The summed E-state index contributed by atoms with van der Waals surface area (Å²) in [5.74, 6) is -5.54. The second-order valence-corrected chi connectivity index (χ2v) is 4.59. The summed E-state index contributed by atoms with van der Waals surface area (Å²) in [6.45, 7) is 1.38. The second-order valence-electron chi connectivity index (χ2n) is 4.59. The first-order valence-electron chi connectivity index (χ1n) is 6.16. The first-order valence-corrected chi connectivity index (χ1v) is 6.16. The van der Waals surface area contributed by atoms with E-state index in [4.69, 9.17) is 0 Å². The van der Waals surface area contributed by atoms with E-state index in [1.807, 2.05) is 0 Å². The number of hydrogen-bond acceptors (Lipinski definition) is 5. The molecule has 0 saturated carbocycles. The zero-order valence-electron chi connectivity index (χ0n) is 11.4. The SMILES string of the molecule is CC1=C(C(=O)O)C(c2cccnc2)C(C(=O)O)=C(C(=O)O)N1. The van der Waals surface area contributed by atoms with Gasteiger partial charge in [-0.2, -0.15) is 0 Å². The number of pyridine rings is 1. The van der Waals surface area contributed by atoms with Gasteiger partial charge in [0.15, 0.2) is 0 Å². The van der Waals surface area contributed by atoms with Crippen LogP contribution in [0, 0.1) is 0 Å². The summed E-state index contributed by atoms with van der Waals surface area (Å²) in [6.07, 6.45) is 2.76. The van der Waals surface area contributed by atoms with Gasteiger partial charge in [-0.1, -0.05) is 6.07 Å². The Morgan fingerprint density at radius 1 is 1.09 bits per heavy atom. The van der Waals surface area contributed by atoms with Gasteiger partial charge in [0.2, 0.25) is 0 Å². The molecule has 1 aromatic rings. The van der Waals surface area contributed by atoms with E-state index in [-0.39, 0.29) is 16.8 Å². The van der Waals surface area contributed by atoms with Crippen LogP contribution < -0.4 is 5.32 Å². The first kappa shape index (κ1) is 15.2. The smallest absolute Gasteiger partial charge is 0.352 e. The van der Waals surface area contributed by atoms with Crippen molar-refractivity contribution in [3.63, 3.8) is 0 Å². The molecule has 1 aliphatic heterocycles. The minimum absolute atomic E-state index is 0.0729. The number of carbonyl (C=O) groups is 3. The molecule has 1 unspecified atom stereocenters. The highest BCUT2D eigenvalue weighted by Gasteiger charge is 2.39. The van der Waals surface area contributed by atoms with Gasteiger partial charge < -0.3 is 20.6 Å². The Kier molecular flexibility index (Phi) is 3.93. The number of hydrogen-bond donors (Lipinski definition) is 4. The van der Waals surface area contributed by atoms with E-state index in [1.165, 1.54) is 31.5 Å². The molecule has 0 bridgehead atoms. The highest BCUT2D eigenvalue weighted by Crippen LogP contribution is 2.37. The topological polar surface area (TPSA) is 137 Å². The van der Waals surface area contributed by atoms with Crippen molar-refractivity contribution in [3.8, 4) is 0 Å². The van der Waals surface area contributed by atoms with E-state index in [9.17, 15) is 29.7 Å². The van der Waals surface area contributed by atoms with Crippen molar-refractivity contribution in [2.45, 2.75) is 12.8 Å². The van der Waals surface area contributed by atoms with Crippen LogP contribution >= 0.6 is 0 Å². The second kappa shape index (κ2) is 5.68. The quantitative estimate of drug-likeness (QED) is 0.633. The third kappa shape index (κ3) is 2.53. The van der Waals surface area contributed by atoms with Gasteiger partial charge in [-0.05, 0) is 18.6 Å². The maximum Gasteiger partial charge on any atom is 0.352 e. The maximum atomic E-state index is 11.5. The molecule has 4 N–H and O–H groups in total. The Morgan fingerprint density at radius 3 is 2.18 bits per heavy atom. The van der Waals surface area contributed by atoms with Gasteiger partial charge in [0.25, 0.3) is 0 Å². The Balaban J connectivity index is 2.76. The van der Waals surface area contributed by atoms with Gasteiger partial charge in [0.1, 0.15) is 5.70 Å². The average molecular weight is 304 g/mol. The minimum Gasteiger partial charge on any atom is -0.478 e. The van der Waals surface area contributed by atoms with Crippen molar-refractivity contribution in [3.05, 3.63) is 52.6 Å². The molecular weight excluding hydrogens is 292 g/mol. The van der Waals surface area contributed by atoms with Crippen molar-refractivity contribution in [1.29, 1.82) is 0 Å². The van der Waals surface area contributed by atoms with Crippen LogP contribution in [0.5, 0.6) is 0 Å². The molecule has 1 aliphatic rings. The van der Waals surface area contributed by atoms with Gasteiger partial charge >= 0.3 is 17.9 Å². The van der Waals surface area contributed by atoms with E-state index < -0.39 is 35.1 Å². The molecule has 1 aromatic heterocycles. The van der Waals surface area contributed by atoms with Gasteiger partial charge in [-0.25, -0.2) is 14.4 Å². The molecular formula is C14H12N2O6. The van der Waals surface area contributed by atoms with Gasteiger partial charge in [-0.3, -0.25) is 4.98 Å². The number of rotatable bonds is 4. The summed E-state index contributed by atoms with van der Waals surface area (Å²) < 4.78 is 0. The van der Waals surface area contributed by atoms with Crippen LogP contribution in [-0.2, 0) is 14.4 Å². The van der Waals surface area contributed by atoms with E-state index in [0.717, 1.165) is 0 Å². The molecule has 1 atom stereocenters. The van der Waals surface area contributed by atoms with Crippen LogP contribution in [0.25, 0.3) is 0 Å². The zero-order chi connectivity index (χ0) is 16.4. The first-order chi connectivity index (χ1) is 10.3. The summed E-state index contributed by atoms with van der Waals surface area (Å²) in [4.78, 5) is 38.2. The van der Waals surface area contributed by atoms with Crippen LogP contribution in [0.1, 0.15) is 18.4 Å². The number of aliphatic carboxylic acids is 3. The Labute approximate surface area is 124 Å². The number of carboxylic acid groups (broad SMARTS) is 3. The monoisotopic (exact) mass is 304 g/mol. The molecule has 0 aliphatic carbocycles. The third-order valence-corrected chi connectivity index (χ3v) is 3.26. The molecule has 0 amide bonds. The predicted octanol–water partition coefficient (Wildman–Crippen LogP) is 0.550. The fourth-order valence-electron chi connectivity index (χ4n) is 2.39. The Morgan fingerprint density at radius 2 is 1.73 bits per heavy atom. The van der Waals surface area contributed by atoms with Crippen LogP contribution in [0.3, 0.4) is 0 Å². The summed E-state index contributed by atoms with van der Waals surface area (Å²) in [5.41, 5.74) is -0.955. The molecule has 114 valence electrons. The summed E-state index contributed by atoms with van der Waals surface area (Å²) in [6, 6.07) is 3.02. The molecule has 8 heteroatoms. The minimum atomic E-state index is -1.51. The zero-order valence-corrected chi connectivity index (χ0v) is 11.4. The maximum absolute atomic E-state index is 11.5. The number of nitrogens with one attached hydrogen (secondary N) is 1. The lowest BCUT2D eigenvalue weighted by Gasteiger charge is -2.28. The fraction of sp³-hybridized carbons (Fsp3) is 0.143. The largest absolute Gasteiger partial charge is 0.478 e. The highest BCUT2D eigenvalue weighted by atomic mass is 16.4. The predicted molar refractivity (Wildman–Crippen MR) is 72.7 cm³/mol. The number of dihydropyridines is 1. The summed E-state index contributed by atoms with van der Waals surface area (Å²) in [5, 5.41) is 30.3. The number of allylic oxidation sites excluding steroid dienone is 1. The number of nitrogens with zero attached hydrogens (tertiary/aromatic N) is 1. The van der Waals surface area contributed by atoms with Crippen molar-refractivity contribution < 1.29 is 29.7 Å². The van der Waals surface area contributed by atoms with Crippen LogP contribution in [0.4, 0.5) is 0 Å². The lowest BCUT2D eigenvalue weighted by molar-refractivity contribution is -0.137. The van der Waals surface area contributed by atoms with Crippen molar-refractivity contribution in [2.24, 2.45) is 0 Å². The molecule has 22 heavy (non-hydrogen) atoms. The van der Waals surface area contributed by atoms with Gasteiger partial charge in [-0.15, -0.1) is 0 Å². The van der Waals surface area contributed by atoms with Gasteiger partial charge in [0.05, 0.1) is 17.1 Å². The molecule has 0 spiro atoms.